The van der Waals surface area contributed by atoms with E-state index >= 15 is 0 Å². The minimum Gasteiger partial charge on any atom is -0.0998 e. The number of allylic oxidation sites excluding steroid dienone is 6. The van der Waals surface area contributed by atoms with Gasteiger partial charge in [-0.25, -0.2) is 0 Å². The lowest BCUT2D eigenvalue weighted by atomic mass is 9.80. The van der Waals surface area contributed by atoms with Crippen LogP contribution in [0.1, 0.15) is 83.8 Å². The van der Waals surface area contributed by atoms with Gasteiger partial charge in [-0.15, -0.1) is 0 Å². The summed E-state index contributed by atoms with van der Waals surface area (Å²) in [6.07, 6.45) is 11.0. The van der Waals surface area contributed by atoms with E-state index in [2.05, 4.69) is 84.2 Å². The first-order valence-corrected chi connectivity index (χ1v) is 11.1. The molecule has 2 aliphatic carbocycles. The standard InChI is InChI=1S/C28H38/c1-8-20(3)22-9-13-24(14-10-22)27-17-25(23-11-12-23)16-26(27)21(4)15-19(2)18-28(5,6)7/h9-10,13-14,16-17,21,23,27H,2-3,8,11-12,15,18H2,1,4-7H3/t21-,27?/m1/s1. The van der Waals surface area contributed by atoms with Crippen molar-refractivity contribution in [2.75, 3.05) is 0 Å². The molecule has 0 N–H and O–H groups in total. The fourth-order valence-corrected chi connectivity index (χ4v) is 4.53. The molecule has 1 unspecified atom stereocenters. The van der Waals surface area contributed by atoms with E-state index in [4.69, 9.17) is 0 Å². The molecular formula is C28H38. The molecule has 0 aliphatic heterocycles. The Labute approximate surface area is 173 Å². The summed E-state index contributed by atoms with van der Waals surface area (Å²) in [5.74, 6) is 1.78. The molecule has 1 saturated carbocycles. The summed E-state index contributed by atoms with van der Waals surface area (Å²) >= 11 is 0. The molecule has 1 aromatic rings. The van der Waals surface area contributed by atoms with E-state index in [1.807, 2.05) is 0 Å². The smallest absolute Gasteiger partial charge is 0.0240 e. The van der Waals surface area contributed by atoms with Crippen LogP contribution in [0.3, 0.4) is 0 Å². The SMILES string of the molecule is C=C(C[C@@H](C)C1=CC(C2CC2)=CC1c1ccc(C(=C)CC)cc1)CC(C)(C)C. The highest BCUT2D eigenvalue weighted by Crippen LogP contribution is 2.47. The van der Waals surface area contributed by atoms with Crippen molar-refractivity contribution in [1.29, 1.82) is 0 Å². The largest absolute Gasteiger partial charge is 0.0998 e. The molecule has 0 saturated heterocycles. The maximum atomic E-state index is 4.40. The molecule has 0 heteroatoms. The van der Waals surface area contributed by atoms with Crippen LogP contribution in [0.15, 0.2) is 66.3 Å². The van der Waals surface area contributed by atoms with Gasteiger partial charge in [-0.05, 0) is 71.6 Å². The zero-order valence-corrected chi connectivity index (χ0v) is 18.6. The van der Waals surface area contributed by atoms with Crippen LogP contribution in [0, 0.1) is 17.3 Å². The zero-order valence-electron chi connectivity index (χ0n) is 18.6. The molecule has 0 nitrogen and oxygen atoms in total. The van der Waals surface area contributed by atoms with Crippen molar-refractivity contribution >= 4 is 5.57 Å². The van der Waals surface area contributed by atoms with E-state index in [0.717, 1.165) is 25.2 Å². The third-order valence-corrected chi connectivity index (χ3v) is 6.15. The lowest BCUT2D eigenvalue weighted by molar-refractivity contribution is 0.399. The van der Waals surface area contributed by atoms with Crippen molar-refractivity contribution in [2.45, 2.75) is 72.6 Å². The third-order valence-electron chi connectivity index (χ3n) is 6.15. The van der Waals surface area contributed by atoms with Gasteiger partial charge < -0.3 is 0 Å². The van der Waals surface area contributed by atoms with E-state index in [0.29, 0.717) is 17.3 Å². The van der Waals surface area contributed by atoms with E-state index < -0.39 is 0 Å². The summed E-state index contributed by atoms with van der Waals surface area (Å²) in [5, 5.41) is 0. The lowest BCUT2D eigenvalue weighted by Crippen LogP contribution is -2.11. The van der Waals surface area contributed by atoms with E-state index in [-0.39, 0.29) is 0 Å². The summed E-state index contributed by atoms with van der Waals surface area (Å²) in [7, 11) is 0. The molecule has 0 heterocycles. The quantitative estimate of drug-likeness (QED) is 0.400. The third kappa shape index (κ3) is 5.16. The molecule has 0 spiro atoms. The van der Waals surface area contributed by atoms with Crippen LogP contribution in [0.5, 0.6) is 0 Å². The van der Waals surface area contributed by atoms with Gasteiger partial charge in [0.25, 0.3) is 0 Å². The predicted octanol–water partition coefficient (Wildman–Crippen LogP) is 8.49. The molecule has 150 valence electrons. The van der Waals surface area contributed by atoms with Gasteiger partial charge >= 0.3 is 0 Å². The summed E-state index contributed by atoms with van der Waals surface area (Å²) in [6, 6.07) is 9.14. The number of hydrogen-bond donors (Lipinski definition) is 0. The molecule has 0 aromatic heterocycles. The Morgan fingerprint density at radius 2 is 1.75 bits per heavy atom. The Balaban J connectivity index is 1.79. The van der Waals surface area contributed by atoms with Crippen LogP contribution < -0.4 is 0 Å². The number of rotatable bonds is 8. The highest BCUT2D eigenvalue weighted by Gasteiger charge is 2.32. The Hall–Kier alpha value is -1.82. The van der Waals surface area contributed by atoms with Crippen molar-refractivity contribution in [1.82, 2.24) is 0 Å². The summed E-state index contributed by atoms with van der Waals surface area (Å²) in [6.45, 7) is 20.1. The van der Waals surface area contributed by atoms with Crippen LogP contribution in [0.25, 0.3) is 5.57 Å². The molecule has 1 fully saturated rings. The van der Waals surface area contributed by atoms with Crippen molar-refractivity contribution in [3.05, 3.63) is 77.4 Å². The van der Waals surface area contributed by atoms with Crippen molar-refractivity contribution in [3.63, 3.8) is 0 Å². The molecule has 3 rings (SSSR count). The fraction of sp³-hybridized carbons (Fsp3) is 0.500. The number of hydrogen-bond acceptors (Lipinski definition) is 0. The molecule has 28 heavy (non-hydrogen) atoms. The topological polar surface area (TPSA) is 0 Å². The molecule has 0 bridgehead atoms. The first kappa shape index (κ1) is 20.9. The predicted molar refractivity (Wildman–Crippen MR) is 124 cm³/mol. The normalized spacial score (nSPS) is 20.5. The second kappa shape index (κ2) is 8.27. The summed E-state index contributed by atoms with van der Waals surface area (Å²) in [4.78, 5) is 0. The van der Waals surface area contributed by atoms with E-state index in [9.17, 15) is 0 Å². The molecule has 0 amide bonds. The van der Waals surface area contributed by atoms with Crippen molar-refractivity contribution < 1.29 is 0 Å². The van der Waals surface area contributed by atoms with Gasteiger partial charge in [0.1, 0.15) is 0 Å². The van der Waals surface area contributed by atoms with Gasteiger partial charge in [0.15, 0.2) is 0 Å². The Morgan fingerprint density at radius 3 is 2.29 bits per heavy atom. The average molecular weight is 375 g/mol. The van der Waals surface area contributed by atoms with Crippen molar-refractivity contribution in [3.8, 4) is 0 Å². The van der Waals surface area contributed by atoms with Crippen LogP contribution in [-0.2, 0) is 0 Å². The van der Waals surface area contributed by atoms with Crippen LogP contribution in [-0.4, -0.2) is 0 Å². The molecular weight excluding hydrogens is 336 g/mol. The Bertz CT molecular complexity index is 787. The first-order chi connectivity index (χ1) is 13.2. The second-order valence-electron chi connectivity index (χ2n) is 10.2. The van der Waals surface area contributed by atoms with Gasteiger partial charge in [-0.3, -0.25) is 0 Å². The monoisotopic (exact) mass is 374 g/mol. The fourth-order valence-electron chi connectivity index (χ4n) is 4.53. The summed E-state index contributed by atoms with van der Waals surface area (Å²) in [5.41, 5.74) is 8.77. The minimum absolute atomic E-state index is 0.315. The van der Waals surface area contributed by atoms with Gasteiger partial charge in [0.2, 0.25) is 0 Å². The lowest BCUT2D eigenvalue weighted by Gasteiger charge is -2.25. The Kier molecular flexibility index (Phi) is 6.18. The van der Waals surface area contributed by atoms with Crippen LogP contribution in [0.4, 0.5) is 0 Å². The summed E-state index contributed by atoms with van der Waals surface area (Å²) < 4.78 is 0. The first-order valence-electron chi connectivity index (χ1n) is 11.1. The van der Waals surface area contributed by atoms with Crippen molar-refractivity contribution in [2.24, 2.45) is 17.3 Å². The van der Waals surface area contributed by atoms with Gasteiger partial charge in [-0.2, -0.15) is 0 Å². The molecule has 2 aliphatic rings. The highest BCUT2D eigenvalue weighted by atomic mass is 14.4. The Morgan fingerprint density at radius 1 is 1.11 bits per heavy atom. The number of benzene rings is 1. The maximum Gasteiger partial charge on any atom is 0.0240 e. The van der Waals surface area contributed by atoms with Crippen LogP contribution in [0.2, 0.25) is 0 Å². The second-order valence-corrected chi connectivity index (χ2v) is 10.2. The van der Waals surface area contributed by atoms with E-state index in [1.54, 1.807) is 11.1 Å². The average Bonchev–Trinajstić information content (AvgIpc) is 3.38. The highest BCUT2D eigenvalue weighted by molar-refractivity contribution is 5.63. The molecule has 1 aromatic carbocycles. The van der Waals surface area contributed by atoms with Crippen LogP contribution >= 0.6 is 0 Å². The van der Waals surface area contributed by atoms with Gasteiger partial charge in [0, 0.05) is 5.92 Å². The molecule has 0 radical (unpaired) electrons. The van der Waals surface area contributed by atoms with E-state index in [1.165, 1.54) is 35.1 Å². The molecule has 2 atom stereocenters. The zero-order chi connectivity index (χ0) is 20.5. The minimum atomic E-state index is 0.315. The van der Waals surface area contributed by atoms with Gasteiger partial charge in [0.05, 0.1) is 0 Å². The van der Waals surface area contributed by atoms with Gasteiger partial charge in [-0.1, -0.05) is 95.3 Å². The maximum absolute atomic E-state index is 4.40.